The van der Waals surface area contributed by atoms with Crippen molar-refractivity contribution < 1.29 is 9.59 Å². The van der Waals surface area contributed by atoms with Gasteiger partial charge in [0.25, 0.3) is 0 Å². The van der Waals surface area contributed by atoms with Gasteiger partial charge in [-0.15, -0.1) is 0 Å². The number of ketones is 2. The molecular weight excluding hydrogens is 530 g/mol. The maximum absolute atomic E-state index is 12.8. The molecule has 2 aliphatic rings. The van der Waals surface area contributed by atoms with Crippen LogP contribution in [0.25, 0.3) is 6.08 Å². The number of carbonyl (C=O) groups is 2. The van der Waals surface area contributed by atoms with Crippen LogP contribution >= 0.6 is 11.3 Å². The van der Waals surface area contributed by atoms with Gasteiger partial charge >= 0.3 is 201 Å². The van der Waals surface area contributed by atoms with Crippen molar-refractivity contribution in [3.8, 4) is 0 Å². The summed E-state index contributed by atoms with van der Waals surface area (Å²) in [5, 5.41) is 3.58. The molecule has 6 rings (SSSR count). The first-order chi connectivity index (χ1) is 15.5. The van der Waals surface area contributed by atoms with Gasteiger partial charge in [-0.1, -0.05) is 0 Å². The third-order valence-corrected chi connectivity index (χ3v) is 10.2. The van der Waals surface area contributed by atoms with Gasteiger partial charge in [0.15, 0.2) is 0 Å². The summed E-state index contributed by atoms with van der Waals surface area (Å²) in [4.78, 5) is 28.1. The molecule has 156 valence electrons. The third-order valence-electron chi connectivity index (χ3n) is 6.37. The number of rotatable bonds is 2. The van der Waals surface area contributed by atoms with Crippen LogP contribution in [-0.2, 0) is 5.41 Å². The SMILES string of the molecule is CC1(C)c2ccccc2N(c2ccccc2)c2[te]c(C=C3C(=O)c4cscc4C3=O)cc21. The van der Waals surface area contributed by atoms with E-state index in [1.807, 2.05) is 12.1 Å². The molecule has 0 saturated carbocycles. The van der Waals surface area contributed by atoms with Gasteiger partial charge in [0, 0.05) is 0 Å². The third kappa shape index (κ3) is 2.79. The van der Waals surface area contributed by atoms with Crippen molar-refractivity contribution >= 4 is 64.5 Å². The van der Waals surface area contributed by atoms with E-state index >= 15 is 0 Å². The molecule has 0 bridgehead atoms. The first kappa shape index (κ1) is 19.9. The van der Waals surface area contributed by atoms with Gasteiger partial charge in [-0.2, -0.15) is 0 Å². The number of para-hydroxylation sites is 2. The number of hydrogen-bond acceptors (Lipinski definition) is 4. The molecule has 2 aromatic heterocycles. The zero-order valence-electron chi connectivity index (χ0n) is 17.6. The number of nitrogens with zero attached hydrogens (tertiary/aromatic N) is 1. The van der Waals surface area contributed by atoms with Gasteiger partial charge in [-0.05, 0) is 0 Å². The molecule has 4 aromatic rings. The van der Waals surface area contributed by atoms with Crippen LogP contribution < -0.4 is 4.90 Å². The van der Waals surface area contributed by atoms with E-state index in [2.05, 4.69) is 73.3 Å². The fourth-order valence-electron chi connectivity index (χ4n) is 4.69. The van der Waals surface area contributed by atoms with Crippen molar-refractivity contribution in [1.82, 2.24) is 0 Å². The first-order valence-corrected chi connectivity index (χ1v) is 13.7. The predicted molar refractivity (Wildman–Crippen MR) is 131 cm³/mol. The van der Waals surface area contributed by atoms with Crippen molar-refractivity contribution in [2.45, 2.75) is 19.3 Å². The van der Waals surface area contributed by atoms with Crippen LogP contribution in [-0.4, -0.2) is 32.0 Å². The first-order valence-electron chi connectivity index (χ1n) is 10.4. The number of thiophene rings is 1. The Labute approximate surface area is 200 Å². The molecule has 0 spiro atoms. The van der Waals surface area contributed by atoms with Crippen LogP contribution in [0.3, 0.4) is 0 Å². The zero-order valence-corrected chi connectivity index (χ0v) is 20.7. The summed E-state index contributed by atoms with van der Waals surface area (Å²) >= 11 is 0.617. The quantitative estimate of drug-likeness (QED) is 0.166. The minimum atomic E-state index is -0.794. The van der Waals surface area contributed by atoms with Gasteiger partial charge in [-0.3, -0.25) is 0 Å². The van der Waals surface area contributed by atoms with Crippen molar-refractivity contribution in [2.24, 2.45) is 0 Å². The van der Waals surface area contributed by atoms with E-state index < -0.39 is 20.4 Å². The number of hydrogen-bond donors (Lipinski definition) is 0. The Balaban J connectivity index is 1.54. The van der Waals surface area contributed by atoms with Crippen LogP contribution in [0.2, 0.25) is 0 Å². The molecule has 1 aliphatic heterocycles. The normalized spacial score (nSPS) is 16.1. The van der Waals surface area contributed by atoms with Gasteiger partial charge in [0.05, 0.1) is 0 Å². The molecule has 3 heterocycles. The Hall–Kier alpha value is -2.71. The van der Waals surface area contributed by atoms with Crippen LogP contribution in [0.15, 0.2) is 77.0 Å². The van der Waals surface area contributed by atoms with Crippen molar-refractivity contribution in [1.29, 1.82) is 0 Å². The summed E-state index contributed by atoms with van der Waals surface area (Å²) in [7, 11) is 0. The Morgan fingerprint density at radius 2 is 1.53 bits per heavy atom. The minimum absolute atomic E-state index is 0.132. The average Bonchev–Trinajstić information content (AvgIpc) is 3.50. The summed E-state index contributed by atoms with van der Waals surface area (Å²) in [6.07, 6.45) is 1.87. The van der Waals surface area contributed by atoms with E-state index in [1.165, 1.54) is 31.9 Å². The van der Waals surface area contributed by atoms with E-state index in [0.29, 0.717) is 16.7 Å². The van der Waals surface area contributed by atoms with E-state index in [4.69, 9.17) is 0 Å². The fourth-order valence-corrected chi connectivity index (χ4v) is 9.19. The van der Waals surface area contributed by atoms with Gasteiger partial charge in [-0.25, -0.2) is 0 Å². The molecule has 0 fully saturated rings. The Kier molecular flexibility index (Phi) is 4.45. The zero-order chi connectivity index (χ0) is 22.0. The van der Waals surface area contributed by atoms with Crippen LogP contribution in [0.5, 0.6) is 0 Å². The van der Waals surface area contributed by atoms with E-state index in [0.717, 1.165) is 9.27 Å². The second kappa shape index (κ2) is 7.15. The Morgan fingerprint density at radius 3 is 2.25 bits per heavy atom. The van der Waals surface area contributed by atoms with E-state index in [-0.39, 0.29) is 17.0 Å². The van der Waals surface area contributed by atoms with Gasteiger partial charge in [0.1, 0.15) is 0 Å². The maximum atomic E-state index is 12.8. The van der Waals surface area contributed by atoms with E-state index in [1.54, 1.807) is 10.8 Å². The monoisotopic (exact) mass is 551 g/mol. The van der Waals surface area contributed by atoms with Crippen LogP contribution in [0.4, 0.5) is 15.1 Å². The second-order valence-electron chi connectivity index (χ2n) is 8.60. The standard InChI is InChI=1S/C27H19NO2STe/c1-27(2)21-10-6-7-11-23(21)28(16-8-4-3-5-9-16)26-22(27)13-17(32-26)12-18-24(29)19-14-31-15-20(19)25(18)30/h3-15H,1-2H3. The summed E-state index contributed by atoms with van der Waals surface area (Å²) in [6.45, 7) is 4.54. The van der Waals surface area contributed by atoms with Gasteiger partial charge in [0.2, 0.25) is 0 Å². The molecule has 1 aliphatic carbocycles. The molecule has 5 heteroatoms. The number of benzene rings is 2. The number of Topliss-reactive ketones (excluding diaryl/α,β-unsaturated/α-hetero) is 2. The second-order valence-corrected chi connectivity index (χ2v) is 12.4. The molecule has 0 saturated heterocycles. The number of anilines is 3. The molecule has 0 radical (unpaired) electrons. The molecule has 3 nitrogen and oxygen atoms in total. The van der Waals surface area contributed by atoms with Gasteiger partial charge < -0.3 is 0 Å². The number of allylic oxidation sites excluding steroid dienone is 1. The molecule has 2 aromatic carbocycles. The average molecular weight is 549 g/mol. The van der Waals surface area contributed by atoms with Crippen molar-refractivity contribution in [3.63, 3.8) is 0 Å². The molecule has 0 atom stereocenters. The summed E-state index contributed by atoms with van der Waals surface area (Å²) in [6, 6.07) is 21.3. The fraction of sp³-hybridized carbons (Fsp3) is 0.111. The molecule has 0 amide bonds. The molecular formula is C27H19NO2STe. The molecule has 0 unspecified atom stereocenters. The predicted octanol–water partition coefficient (Wildman–Crippen LogP) is 6.38. The van der Waals surface area contributed by atoms with E-state index in [9.17, 15) is 9.59 Å². The summed E-state index contributed by atoms with van der Waals surface area (Å²) < 4.78 is 2.47. The van der Waals surface area contributed by atoms with Crippen LogP contribution in [0, 0.1) is 0 Å². The van der Waals surface area contributed by atoms with Crippen molar-refractivity contribution in [3.05, 3.63) is 103 Å². The van der Waals surface area contributed by atoms with Crippen molar-refractivity contribution in [2.75, 3.05) is 4.90 Å². The molecule has 32 heavy (non-hydrogen) atoms. The topological polar surface area (TPSA) is 37.4 Å². The number of carbonyl (C=O) groups excluding carboxylic acids is 2. The van der Waals surface area contributed by atoms with Crippen LogP contribution in [0.1, 0.15) is 49.3 Å². The summed E-state index contributed by atoms with van der Waals surface area (Å²) in [5.74, 6) is -0.265. The Bertz CT molecular complexity index is 1410. The Morgan fingerprint density at radius 1 is 0.875 bits per heavy atom. The number of fused-ring (bicyclic) bond motifs is 3. The summed E-state index contributed by atoms with van der Waals surface area (Å²) in [5.41, 5.74) is 6.22. The molecule has 0 N–H and O–H groups in total.